The zero-order valence-corrected chi connectivity index (χ0v) is 15.0. The van der Waals surface area contributed by atoms with Gasteiger partial charge < -0.3 is 15.7 Å². The average Bonchev–Trinajstić information content (AvgIpc) is 3.21. The predicted molar refractivity (Wildman–Crippen MR) is 96.3 cm³/mol. The van der Waals surface area contributed by atoms with E-state index >= 15 is 0 Å². The summed E-state index contributed by atoms with van der Waals surface area (Å²) in [7, 11) is 0. The number of benzene rings is 1. The van der Waals surface area contributed by atoms with Crippen LogP contribution in [0.15, 0.2) is 18.2 Å². The third-order valence-corrected chi connectivity index (χ3v) is 6.42. The Kier molecular flexibility index (Phi) is 3.62. The van der Waals surface area contributed by atoms with Crippen LogP contribution in [0.4, 0.5) is 5.69 Å². The average molecular weight is 384 g/mol. The number of nitrogens with one attached hydrogen (secondary N) is 1. The van der Waals surface area contributed by atoms with Crippen molar-refractivity contribution < 1.29 is 24.3 Å². The number of aliphatic hydroxyl groups excluding tert-OH is 1. The first-order chi connectivity index (χ1) is 13.4. The Labute approximate surface area is 160 Å². The molecule has 4 N–H and O–H groups in total. The minimum atomic E-state index is -0.980. The summed E-state index contributed by atoms with van der Waals surface area (Å²) in [5.74, 6) is -1.90. The number of amides is 4. The fourth-order valence-electron chi connectivity index (χ4n) is 5.04. The molecule has 1 unspecified atom stereocenters. The van der Waals surface area contributed by atoms with Gasteiger partial charge in [-0.3, -0.25) is 29.4 Å². The standard InChI is InChI=1S/C19H20N4O5/c20-15-8-5-13(24)16(15)22(7-8)9-1-2-10-11(6-9)19(28)23(18(10)27)12-3-4-14(25)21-17(12)26/h1-2,6,8,12-13,15-16,24H,3-5,7,20H2,(H,21,25,26)/t8-,12?,13+,15-,16-/m1/s1. The molecule has 5 atom stereocenters. The van der Waals surface area contributed by atoms with Gasteiger partial charge in [0.15, 0.2) is 0 Å². The lowest BCUT2D eigenvalue weighted by molar-refractivity contribution is -0.136. The monoisotopic (exact) mass is 384 g/mol. The Morgan fingerprint density at radius 2 is 1.86 bits per heavy atom. The molecule has 9 nitrogen and oxygen atoms in total. The fraction of sp³-hybridized carbons (Fsp3) is 0.474. The molecule has 1 aromatic rings. The number of rotatable bonds is 2. The summed E-state index contributed by atoms with van der Waals surface area (Å²) in [5, 5.41) is 12.4. The van der Waals surface area contributed by atoms with E-state index in [1.54, 1.807) is 18.2 Å². The molecule has 1 aliphatic carbocycles. The number of carbonyl (C=O) groups excluding carboxylic acids is 4. The molecule has 28 heavy (non-hydrogen) atoms. The van der Waals surface area contributed by atoms with Gasteiger partial charge in [0, 0.05) is 24.7 Å². The summed E-state index contributed by atoms with van der Waals surface area (Å²) < 4.78 is 0. The molecule has 0 aromatic heterocycles. The molecule has 0 spiro atoms. The summed E-state index contributed by atoms with van der Waals surface area (Å²) >= 11 is 0. The van der Waals surface area contributed by atoms with E-state index in [1.807, 2.05) is 4.90 Å². The van der Waals surface area contributed by atoms with Gasteiger partial charge in [-0.1, -0.05) is 0 Å². The first-order valence-corrected chi connectivity index (χ1v) is 9.42. The maximum atomic E-state index is 12.9. The summed E-state index contributed by atoms with van der Waals surface area (Å²) in [6.07, 6.45) is 0.370. The van der Waals surface area contributed by atoms with Crippen molar-refractivity contribution >= 4 is 29.3 Å². The van der Waals surface area contributed by atoms with Gasteiger partial charge in [0.05, 0.1) is 23.3 Å². The largest absolute Gasteiger partial charge is 0.391 e. The normalized spacial score (nSPS) is 34.3. The summed E-state index contributed by atoms with van der Waals surface area (Å²) in [4.78, 5) is 52.2. The number of hydrogen-bond donors (Lipinski definition) is 3. The summed E-state index contributed by atoms with van der Waals surface area (Å²) in [6, 6.07) is 3.66. The second-order valence-electron chi connectivity index (χ2n) is 7.96. The highest BCUT2D eigenvalue weighted by Gasteiger charge is 2.51. The number of imide groups is 2. The van der Waals surface area contributed by atoms with Crippen LogP contribution in [0, 0.1) is 5.92 Å². The second-order valence-corrected chi connectivity index (χ2v) is 7.96. The Hall–Kier alpha value is -2.78. The number of nitrogens with two attached hydrogens (primary N) is 1. The van der Waals surface area contributed by atoms with E-state index in [2.05, 4.69) is 5.32 Å². The van der Waals surface area contributed by atoms with Crippen LogP contribution in [-0.4, -0.2) is 64.4 Å². The van der Waals surface area contributed by atoms with E-state index in [-0.39, 0.29) is 42.0 Å². The molecule has 0 radical (unpaired) electrons. The van der Waals surface area contributed by atoms with Crippen molar-refractivity contribution in [2.45, 2.75) is 43.5 Å². The smallest absolute Gasteiger partial charge is 0.262 e. The zero-order valence-electron chi connectivity index (χ0n) is 15.0. The number of anilines is 1. The van der Waals surface area contributed by atoms with Crippen molar-refractivity contribution in [3.8, 4) is 0 Å². The Balaban J connectivity index is 1.46. The first-order valence-electron chi connectivity index (χ1n) is 9.42. The SMILES string of the molecule is N[C@@H]1[C@@H]2C[C@H](O)[C@H]1N(c1ccc3c(c1)C(=O)N(C1CCC(=O)NC1=O)C3=O)C2. The molecule has 3 fully saturated rings. The number of aliphatic hydroxyl groups is 1. The molecular formula is C19H20N4O5. The van der Waals surface area contributed by atoms with E-state index < -0.39 is 35.8 Å². The van der Waals surface area contributed by atoms with Gasteiger partial charge in [-0.15, -0.1) is 0 Å². The van der Waals surface area contributed by atoms with Gasteiger partial charge >= 0.3 is 0 Å². The van der Waals surface area contributed by atoms with Gasteiger partial charge in [-0.2, -0.15) is 0 Å². The maximum Gasteiger partial charge on any atom is 0.262 e. The lowest BCUT2D eigenvalue weighted by Crippen LogP contribution is -2.54. The highest BCUT2D eigenvalue weighted by molar-refractivity contribution is 6.23. The molecule has 146 valence electrons. The van der Waals surface area contributed by atoms with Crippen LogP contribution in [0.25, 0.3) is 0 Å². The van der Waals surface area contributed by atoms with Crippen LogP contribution < -0.4 is 16.0 Å². The lowest BCUT2D eigenvalue weighted by atomic mass is 10.0. The molecule has 2 bridgehead atoms. The topological polar surface area (TPSA) is 133 Å². The lowest BCUT2D eigenvalue weighted by Gasteiger charge is -2.32. The number of piperidine rings is 2. The second kappa shape index (κ2) is 5.86. The summed E-state index contributed by atoms with van der Waals surface area (Å²) in [5.41, 5.74) is 7.41. The van der Waals surface area contributed by atoms with Crippen molar-refractivity contribution in [1.29, 1.82) is 0 Å². The van der Waals surface area contributed by atoms with E-state index in [0.717, 1.165) is 10.6 Å². The molecule has 1 aromatic carbocycles. The highest BCUT2D eigenvalue weighted by atomic mass is 16.3. The third-order valence-electron chi connectivity index (χ3n) is 6.42. The Bertz CT molecular complexity index is 931. The van der Waals surface area contributed by atoms with Crippen molar-refractivity contribution in [3.05, 3.63) is 29.3 Å². The minimum Gasteiger partial charge on any atom is -0.391 e. The van der Waals surface area contributed by atoms with Crippen LogP contribution in [-0.2, 0) is 9.59 Å². The van der Waals surface area contributed by atoms with Crippen LogP contribution >= 0.6 is 0 Å². The van der Waals surface area contributed by atoms with Gasteiger partial charge in [-0.05, 0) is 37.0 Å². The van der Waals surface area contributed by atoms with E-state index in [0.29, 0.717) is 13.0 Å². The molecule has 9 heteroatoms. The minimum absolute atomic E-state index is 0.0850. The maximum absolute atomic E-state index is 12.9. The van der Waals surface area contributed by atoms with Gasteiger partial charge in [-0.25, -0.2) is 0 Å². The van der Waals surface area contributed by atoms with Gasteiger partial charge in [0.1, 0.15) is 6.04 Å². The van der Waals surface area contributed by atoms with Crippen LogP contribution in [0.5, 0.6) is 0 Å². The van der Waals surface area contributed by atoms with Crippen LogP contribution in [0.3, 0.4) is 0 Å². The predicted octanol–water partition coefficient (Wildman–Crippen LogP) is -1.02. The van der Waals surface area contributed by atoms with Crippen molar-refractivity contribution in [2.24, 2.45) is 11.7 Å². The molecule has 2 saturated heterocycles. The molecule has 4 aliphatic rings. The number of carbonyl (C=O) groups is 4. The number of fused-ring (bicyclic) bond motifs is 3. The molecule has 3 aliphatic heterocycles. The van der Waals surface area contributed by atoms with E-state index in [4.69, 9.17) is 5.73 Å². The van der Waals surface area contributed by atoms with E-state index in [9.17, 15) is 24.3 Å². The number of hydrogen-bond acceptors (Lipinski definition) is 7. The Morgan fingerprint density at radius 1 is 1.11 bits per heavy atom. The molecule has 4 amide bonds. The van der Waals surface area contributed by atoms with Crippen LogP contribution in [0.2, 0.25) is 0 Å². The van der Waals surface area contributed by atoms with Gasteiger partial charge in [0.25, 0.3) is 11.8 Å². The fourth-order valence-corrected chi connectivity index (χ4v) is 5.04. The Morgan fingerprint density at radius 3 is 2.54 bits per heavy atom. The van der Waals surface area contributed by atoms with Crippen molar-refractivity contribution in [1.82, 2.24) is 10.2 Å². The van der Waals surface area contributed by atoms with Crippen LogP contribution in [0.1, 0.15) is 40.0 Å². The van der Waals surface area contributed by atoms with Gasteiger partial charge in [0.2, 0.25) is 11.8 Å². The van der Waals surface area contributed by atoms with E-state index in [1.165, 1.54) is 0 Å². The number of nitrogens with zero attached hydrogens (tertiary/aromatic N) is 2. The first kappa shape index (κ1) is 17.3. The van der Waals surface area contributed by atoms with Crippen molar-refractivity contribution in [2.75, 3.05) is 11.4 Å². The third kappa shape index (κ3) is 2.26. The molecular weight excluding hydrogens is 364 g/mol. The molecule has 5 rings (SSSR count). The summed E-state index contributed by atoms with van der Waals surface area (Å²) in [6.45, 7) is 0.695. The zero-order chi connectivity index (χ0) is 19.7. The molecule has 3 heterocycles. The highest BCUT2D eigenvalue weighted by Crippen LogP contribution is 2.41. The molecule has 1 saturated carbocycles. The quantitative estimate of drug-likeness (QED) is 0.556. The van der Waals surface area contributed by atoms with Crippen molar-refractivity contribution in [3.63, 3.8) is 0 Å².